The number of aromatic nitrogens is 2. The van der Waals surface area contributed by atoms with E-state index in [2.05, 4.69) is 15.5 Å². The van der Waals surface area contributed by atoms with Crippen LogP contribution in [0.2, 0.25) is 0 Å². The maximum absolute atomic E-state index is 11.9. The number of fused-ring (bicyclic) bond motifs is 1. The third-order valence-corrected chi connectivity index (χ3v) is 2.67. The molecule has 0 aliphatic heterocycles. The Hall–Kier alpha value is -1.88. The van der Waals surface area contributed by atoms with Gasteiger partial charge in [0.1, 0.15) is 0 Å². The van der Waals surface area contributed by atoms with Crippen molar-refractivity contribution in [3.05, 3.63) is 29.5 Å². The zero-order valence-electron chi connectivity index (χ0n) is 10.6. The molecule has 2 aromatic rings. The summed E-state index contributed by atoms with van der Waals surface area (Å²) < 4.78 is 5.16. The summed E-state index contributed by atoms with van der Waals surface area (Å²) in [5, 5.41) is 10.5. The van der Waals surface area contributed by atoms with Gasteiger partial charge in [0.05, 0.1) is 12.1 Å². The first-order chi connectivity index (χ1) is 8.72. The second-order valence-corrected chi connectivity index (χ2v) is 4.07. The molecule has 5 nitrogen and oxygen atoms in total. The van der Waals surface area contributed by atoms with Gasteiger partial charge in [-0.1, -0.05) is 11.6 Å². The zero-order valence-corrected chi connectivity index (χ0v) is 10.6. The molecular formula is C13H17N3O2. The predicted molar refractivity (Wildman–Crippen MR) is 69.7 cm³/mol. The highest BCUT2D eigenvalue weighted by atomic mass is 16.5. The Kier molecular flexibility index (Phi) is 3.94. The van der Waals surface area contributed by atoms with Crippen molar-refractivity contribution in [2.24, 2.45) is 0 Å². The zero-order chi connectivity index (χ0) is 13.0. The first kappa shape index (κ1) is 12.6. The van der Waals surface area contributed by atoms with Crippen molar-refractivity contribution in [1.82, 2.24) is 15.5 Å². The molecule has 1 aromatic heterocycles. The van der Waals surface area contributed by atoms with Gasteiger partial charge in [0.25, 0.3) is 5.91 Å². The van der Waals surface area contributed by atoms with Crippen LogP contribution in [0.15, 0.2) is 18.2 Å². The van der Waals surface area contributed by atoms with Gasteiger partial charge in [0.15, 0.2) is 5.69 Å². The summed E-state index contributed by atoms with van der Waals surface area (Å²) in [4.78, 5) is 11.9. The summed E-state index contributed by atoms with van der Waals surface area (Å²) >= 11 is 0. The first-order valence-electron chi connectivity index (χ1n) is 6.03. The first-order valence-corrected chi connectivity index (χ1v) is 6.03. The topological polar surface area (TPSA) is 67.0 Å². The van der Waals surface area contributed by atoms with Crippen LogP contribution in [0.3, 0.4) is 0 Å². The van der Waals surface area contributed by atoms with Gasteiger partial charge in [-0.25, -0.2) is 0 Å². The minimum absolute atomic E-state index is 0.174. The van der Waals surface area contributed by atoms with E-state index in [0.29, 0.717) is 25.5 Å². The Balaban J connectivity index is 2.10. The van der Waals surface area contributed by atoms with E-state index in [1.54, 1.807) is 0 Å². The second kappa shape index (κ2) is 5.64. The fourth-order valence-electron chi connectivity index (χ4n) is 1.77. The number of hydrogen-bond donors (Lipinski definition) is 2. The van der Waals surface area contributed by atoms with Crippen LogP contribution < -0.4 is 5.32 Å². The number of H-pyrrole nitrogens is 1. The summed E-state index contributed by atoms with van der Waals surface area (Å²) in [6.45, 7) is 5.58. The Morgan fingerprint density at radius 1 is 1.50 bits per heavy atom. The number of ether oxygens (including phenoxy) is 1. The number of carbonyl (C=O) groups excluding carboxylic acids is 1. The monoisotopic (exact) mass is 247 g/mol. The van der Waals surface area contributed by atoms with Crippen molar-refractivity contribution in [2.75, 3.05) is 19.8 Å². The van der Waals surface area contributed by atoms with E-state index >= 15 is 0 Å². The maximum atomic E-state index is 11.9. The molecule has 0 fully saturated rings. The minimum Gasteiger partial charge on any atom is -0.380 e. The van der Waals surface area contributed by atoms with Crippen molar-refractivity contribution in [3.63, 3.8) is 0 Å². The average Bonchev–Trinajstić information content (AvgIpc) is 2.77. The highest BCUT2D eigenvalue weighted by Gasteiger charge is 2.13. The van der Waals surface area contributed by atoms with Crippen LogP contribution in [0.5, 0.6) is 0 Å². The highest BCUT2D eigenvalue weighted by molar-refractivity contribution is 6.04. The second-order valence-electron chi connectivity index (χ2n) is 4.07. The van der Waals surface area contributed by atoms with E-state index in [9.17, 15) is 4.79 Å². The molecule has 2 N–H and O–H groups in total. The minimum atomic E-state index is -0.174. The standard InChI is InChI=1S/C13H17N3O2/c1-3-18-7-6-14-13(17)12-10-8-9(2)4-5-11(10)15-16-12/h4-5,8H,3,6-7H2,1-2H3,(H,14,17)(H,15,16). The lowest BCUT2D eigenvalue weighted by molar-refractivity contribution is 0.0919. The molecule has 0 aliphatic carbocycles. The van der Waals surface area contributed by atoms with Gasteiger partial charge >= 0.3 is 0 Å². The van der Waals surface area contributed by atoms with Crippen LogP contribution in [0.1, 0.15) is 23.0 Å². The van der Waals surface area contributed by atoms with Gasteiger partial charge in [0.2, 0.25) is 0 Å². The number of rotatable bonds is 5. The van der Waals surface area contributed by atoms with Crippen LogP contribution in [0.4, 0.5) is 0 Å². The number of nitrogens with zero attached hydrogens (tertiary/aromatic N) is 1. The summed E-state index contributed by atoms with van der Waals surface area (Å²) in [6.07, 6.45) is 0. The van der Waals surface area contributed by atoms with Crippen molar-refractivity contribution in [2.45, 2.75) is 13.8 Å². The fourth-order valence-corrected chi connectivity index (χ4v) is 1.77. The van der Waals surface area contributed by atoms with Crippen molar-refractivity contribution < 1.29 is 9.53 Å². The molecule has 0 spiro atoms. The normalized spacial score (nSPS) is 10.8. The summed E-state index contributed by atoms with van der Waals surface area (Å²) in [5.74, 6) is -0.174. The van der Waals surface area contributed by atoms with E-state index in [0.717, 1.165) is 16.5 Å². The maximum Gasteiger partial charge on any atom is 0.272 e. The number of nitrogens with one attached hydrogen (secondary N) is 2. The van der Waals surface area contributed by atoms with Gasteiger partial charge in [-0.2, -0.15) is 5.10 Å². The van der Waals surface area contributed by atoms with Crippen molar-refractivity contribution in [3.8, 4) is 0 Å². The van der Waals surface area contributed by atoms with E-state index in [1.807, 2.05) is 32.0 Å². The molecule has 0 radical (unpaired) electrons. The number of benzene rings is 1. The van der Waals surface area contributed by atoms with E-state index in [-0.39, 0.29) is 5.91 Å². The molecule has 18 heavy (non-hydrogen) atoms. The number of carbonyl (C=O) groups is 1. The fraction of sp³-hybridized carbons (Fsp3) is 0.385. The summed E-state index contributed by atoms with van der Waals surface area (Å²) in [7, 11) is 0. The van der Waals surface area contributed by atoms with Gasteiger partial charge in [-0.15, -0.1) is 0 Å². The van der Waals surface area contributed by atoms with Crippen molar-refractivity contribution in [1.29, 1.82) is 0 Å². The molecule has 1 aromatic carbocycles. The molecular weight excluding hydrogens is 230 g/mol. The average molecular weight is 247 g/mol. The molecule has 0 bridgehead atoms. The van der Waals surface area contributed by atoms with Crippen LogP contribution >= 0.6 is 0 Å². The third kappa shape index (κ3) is 2.68. The largest absolute Gasteiger partial charge is 0.380 e. The van der Waals surface area contributed by atoms with Crippen LogP contribution in [-0.4, -0.2) is 35.9 Å². The molecule has 96 valence electrons. The van der Waals surface area contributed by atoms with E-state index in [4.69, 9.17) is 4.74 Å². The SMILES string of the molecule is CCOCCNC(=O)c1n[nH]c2ccc(C)cc12. The molecule has 5 heteroatoms. The van der Waals surface area contributed by atoms with Crippen LogP contribution in [0, 0.1) is 6.92 Å². The smallest absolute Gasteiger partial charge is 0.272 e. The van der Waals surface area contributed by atoms with Gasteiger partial charge in [-0.3, -0.25) is 9.89 Å². The van der Waals surface area contributed by atoms with E-state index in [1.165, 1.54) is 0 Å². The van der Waals surface area contributed by atoms with Gasteiger partial charge in [0, 0.05) is 18.5 Å². The van der Waals surface area contributed by atoms with Gasteiger partial charge in [-0.05, 0) is 26.0 Å². The predicted octanol–water partition coefficient (Wildman–Crippen LogP) is 1.64. The Morgan fingerprint density at radius 2 is 2.33 bits per heavy atom. The van der Waals surface area contributed by atoms with Crippen LogP contribution in [0.25, 0.3) is 10.9 Å². The number of aryl methyl sites for hydroxylation is 1. The lowest BCUT2D eigenvalue weighted by Crippen LogP contribution is -2.27. The third-order valence-electron chi connectivity index (χ3n) is 2.67. The Labute approximate surface area is 106 Å². The molecule has 0 unspecified atom stereocenters. The quantitative estimate of drug-likeness (QED) is 0.789. The molecule has 2 rings (SSSR count). The van der Waals surface area contributed by atoms with Gasteiger partial charge < -0.3 is 10.1 Å². The summed E-state index contributed by atoms with van der Waals surface area (Å²) in [5.41, 5.74) is 2.41. The molecule has 0 aliphatic rings. The van der Waals surface area contributed by atoms with E-state index < -0.39 is 0 Å². The Bertz CT molecular complexity index is 548. The summed E-state index contributed by atoms with van der Waals surface area (Å²) in [6, 6.07) is 5.86. The highest BCUT2D eigenvalue weighted by Crippen LogP contribution is 2.17. The molecule has 1 heterocycles. The number of aromatic amines is 1. The van der Waals surface area contributed by atoms with Crippen LogP contribution in [-0.2, 0) is 4.74 Å². The number of amides is 1. The number of hydrogen-bond acceptors (Lipinski definition) is 3. The lowest BCUT2D eigenvalue weighted by Gasteiger charge is -2.03. The molecule has 0 atom stereocenters. The Morgan fingerprint density at radius 3 is 3.11 bits per heavy atom. The lowest BCUT2D eigenvalue weighted by atomic mass is 10.1. The molecule has 0 saturated carbocycles. The van der Waals surface area contributed by atoms with Crippen molar-refractivity contribution >= 4 is 16.8 Å². The molecule has 0 saturated heterocycles. The molecule has 1 amide bonds.